The van der Waals surface area contributed by atoms with Gasteiger partial charge in [0.25, 0.3) is 0 Å². The highest BCUT2D eigenvalue weighted by Crippen LogP contribution is 2.74. The summed E-state index contributed by atoms with van der Waals surface area (Å²) < 4.78 is 0. The van der Waals surface area contributed by atoms with Crippen molar-refractivity contribution in [2.45, 2.75) is 77.2 Å². The third-order valence-corrected chi connectivity index (χ3v) is 9.19. The maximum absolute atomic E-state index is 12.7. The van der Waals surface area contributed by atoms with Gasteiger partial charge in [0.15, 0.2) is 0 Å². The summed E-state index contributed by atoms with van der Waals surface area (Å²) in [6.07, 6.45) is 5.65. The molecular formula is C20H30O5. The molecule has 4 saturated carbocycles. The van der Waals surface area contributed by atoms with E-state index in [1.165, 1.54) is 0 Å². The summed E-state index contributed by atoms with van der Waals surface area (Å²) in [7, 11) is 0. The van der Waals surface area contributed by atoms with Crippen LogP contribution in [0, 0.1) is 27.6 Å². The number of aliphatic carboxylic acids is 1. The molecule has 3 N–H and O–H groups in total. The van der Waals surface area contributed by atoms with E-state index in [1.54, 1.807) is 0 Å². The van der Waals surface area contributed by atoms with Crippen molar-refractivity contribution in [3.05, 3.63) is 0 Å². The van der Waals surface area contributed by atoms with E-state index in [9.17, 15) is 24.9 Å². The molecule has 25 heavy (non-hydrogen) atoms. The van der Waals surface area contributed by atoms with Gasteiger partial charge in [-0.2, -0.15) is 0 Å². The second-order valence-electron chi connectivity index (χ2n) is 9.94. The first-order valence-corrected chi connectivity index (χ1v) is 9.69. The predicted molar refractivity (Wildman–Crippen MR) is 90.8 cm³/mol. The molecule has 0 aliphatic heterocycles. The normalized spacial score (nSPS) is 54.7. The van der Waals surface area contributed by atoms with Gasteiger partial charge >= 0.3 is 5.97 Å². The molecule has 6 atom stereocenters. The number of carbonyl (C=O) groups is 2. The molecule has 4 rings (SSSR count). The van der Waals surface area contributed by atoms with Crippen LogP contribution >= 0.6 is 0 Å². The van der Waals surface area contributed by atoms with Crippen molar-refractivity contribution in [1.82, 2.24) is 0 Å². The molecule has 0 radical (unpaired) electrons. The third-order valence-electron chi connectivity index (χ3n) is 9.19. The number of Topliss-reactive ketones (excluding diaryl/α,β-unsaturated/α-hetero) is 1. The van der Waals surface area contributed by atoms with Gasteiger partial charge in [-0.05, 0) is 57.8 Å². The van der Waals surface area contributed by atoms with E-state index in [0.29, 0.717) is 38.5 Å². The number of aliphatic hydroxyl groups excluding tert-OH is 1. The minimum atomic E-state index is -1.01. The lowest BCUT2D eigenvalue weighted by Gasteiger charge is -2.68. The number of carbonyl (C=O) groups excluding carboxylic acids is 1. The smallest absolute Gasteiger partial charge is 0.309 e. The Hall–Kier alpha value is -0.940. The quantitative estimate of drug-likeness (QED) is 0.711. The Kier molecular flexibility index (Phi) is 3.40. The van der Waals surface area contributed by atoms with Crippen molar-refractivity contribution in [1.29, 1.82) is 0 Å². The fourth-order valence-corrected chi connectivity index (χ4v) is 7.69. The monoisotopic (exact) mass is 350 g/mol. The SMILES string of the molecule is C[C@@]1(C(=O)O)CCC[C@]2(C)[C@@H]1CC[C@@]13CC(=O)[C@@](CO)(CC[C@]12O)C3. The van der Waals surface area contributed by atoms with Crippen molar-refractivity contribution in [2.75, 3.05) is 6.61 Å². The van der Waals surface area contributed by atoms with Gasteiger partial charge in [0.2, 0.25) is 0 Å². The molecule has 1 spiro atoms. The average Bonchev–Trinajstić information content (AvgIpc) is 2.80. The van der Waals surface area contributed by atoms with Gasteiger partial charge in [-0.1, -0.05) is 13.3 Å². The summed E-state index contributed by atoms with van der Waals surface area (Å²) in [6, 6.07) is 0. The van der Waals surface area contributed by atoms with Crippen LogP contribution in [-0.2, 0) is 9.59 Å². The highest BCUT2D eigenvalue weighted by atomic mass is 16.4. The topological polar surface area (TPSA) is 94.8 Å². The third kappa shape index (κ3) is 1.77. The van der Waals surface area contributed by atoms with Gasteiger partial charge in [-0.3, -0.25) is 9.59 Å². The van der Waals surface area contributed by atoms with Crippen molar-refractivity contribution in [3.8, 4) is 0 Å². The molecule has 0 aromatic heterocycles. The van der Waals surface area contributed by atoms with Gasteiger partial charge in [0.1, 0.15) is 5.78 Å². The highest BCUT2D eigenvalue weighted by molar-refractivity contribution is 5.89. The molecule has 0 amide bonds. The highest BCUT2D eigenvalue weighted by Gasteiger charge is 2.75. The van der Waals surface area contributed by atoms with Gasteiger partial charge in [-0.15, -0.1) is 0 Å². The first-order chi connectivity index (χ1) is 11.6. The molecule has 4 aliphatic rings. The first-order valence-electron chi connectivity index (χ1n) is 9.69. The molecule has 4 fully saturated rings. The molecule has 5 heteroatoms. The Morgan fingerprint density at radius 1 is 1.16 bits per heavy atom. The van der Waals surface area contributed by atoms with Crippen LogP contribution in [0.25, 0.3) is 0 Å². The minimum absolute atomic E-state index is 0.0702. The molecule has 2 bridgehead atoms. The van der Waals surface area contributed by atoms with E-state index in [4.69, 9.17) is 0 Å². The van der Waals surface area contributed by atoms with Crippen LogP contribution < -0.4 is 0 Å². The second-order valence-corrected chi connectivity index (χ2v) is 9.94. The van der Waals surface area contributed by atoms with Crippen LogP contribution in [0.4, 0.5) is 0 Å². The average molecular weight is 350 g/mol. The van der Waals surface area contributed by atoms with Crippen LogP contribution in [0.3, 0.4) is 0 Å². The predicted octanol–water partition coefficient (Wildman–Crippen LogP) is 2.53. The molecule has 4 aliphatic carbocycles. The molecule has 0 unspecified atom stereocenters. The summed E-state index contributed by atoms with van der Waals surface area (Å²) in [5, 5.41) is 31.8. The fourth-order valence-electron chi connectivity index (χ4n) is 7.69. The van der Waals surface area contributed by atoms with E-state index in [0.717, 1.165) is 19.3 Å². The molecule has 140 valence electrons. The maximum Gasteiger partial charge on any atom is 0.309 e. The summed E-state index contributed by atoms with van der Waals surface area (Å²) in [5.74, 6) is -0.727. The minimum Gasteiger partial charge on any atom is -0.481 e. The Bertz CT molecular complexity index is 646. The molecule has 0 aromatic carbocycles. The number of fused-ring (bicyclic) bond motifs is 3. The Labute approximate surface area is 148 Å². The lowest BCUT2D eigenvalue weighted by Crippen LogP contribution is -2.69. The summed E-state index contributed by atoms with van der Waals surface area (Å²) in [6.45, 7) is 3.80. The van der Waals surface area contributed by atoms with Gasteiger partial charge in [0, 0.05) is 17.3 Å². The maximum atomic E-state index is 12.7. The second kappa shape index (κ2) is 4.86. The number of ketones is 1. The van der Waals surface area contributed by atoms with E-state index >= 15 is 0 Å². The number of aliphatic hydroxyl groups is 2. The van der Waals surface area contributed by atoms with Gasteiger partial charge < -0.3 is 15.3 Å². The fraction of sp³-hybridized carbons (Fsp3) is 0.900. The lowest BCUT2D eigenvalue weighted by atomic mass is 9.38. The number of rotatable bonds is 2. The lowest BCUT2D eigenvalue weighted by molar-refractivity contribution is -0.267. The molecule has 0 saturated heterocycles. The Balaban J connectivity index is 1.81. The first kappa shape index (κ1) is 17.5. The number of hydrogen-bond donors (Lipinski definition) is 3. The van der Waals surface area contributed by atoms with Crippen molar-refractivity contribution < 1.29 is 24.9 Å². The summed E-state index contributed by atoms with van der Waals surface area (Å²) in [5.41, 5.74) is -3.44. The standard InChI is InChI=1S/C20H30O5/c1-16(15(23)24)5-3-6-17(2)13(16)4-7-19-10-14(22)18(11-19,12-21)8-9-20(17,19)25/h13,21,25H,3-12H2,1-2H3,(H,23,24)/t13-,16-,17-,18+,19+,20-/m1/s1. The van der Waals surface area contributed by atoms with Crippen molar-refractivity contribution >= 4 is 11.8 Å². The van der Waals surface area contributed by atoms with E-state index in [-0.39, 0.29) is 18.3 Å². The molecule has 0 heterocycles. The van der Waals surface area contributed by atoms with Gasteiger partial charge in [0.05, 0.1) is 23.0 Å². The zero-order chi connectivity index (χ0) is 18.3. The summed E-state index contributed by atoms with van der Waals surface area (Å²) in [4.78, 5) is 24.8. The van der Waals surface area contributed by atoms with Crippen molar-refractivity contribution in [3.63, 3.8) is 0 Å². The van der Waals surface area contributed by atoms with E-state index in [2.05, 4.69) is 6.92 Å². The van der Waals surface area contributed by atoms with Crippen LogP contribution in [0.2, 0.25) is 0 Å². The molecule has 5 nitrogen and oxygen atoms in total. The molecule has 0 aromatic rings. The van der Waals surface area contributed by atoms with E-state index < -0.39 is 33.2 Å². The molecular weight excluding hydrogens is 320 g/mol. The summed E-state index contributed by atoms with van der Waals surface area (Å²) >= 11 is 0. The number of hydrogen-bond acceptors (Lipinski definition) is 4. The number of carboxylic acid groups (broad SMARTS) is 1. The van der Waals surface area contributed by atoms with E-state index in [1.807, 2.05) is 6.92 Å². The zero-order valence-corrected chi connectivity index (χ0v) is 15.3. The van der Waals surface area contributed by atoms with Crippen LogP contribution in [-0.4, -0.2) is 39.3 Å². The van der Waals surface area contributed by atoms with Crippen molar-refractivity contribution in [2.24, 2.45) is 27.6 Å². The Morgan fingerprint density at radius 2 is 1.88 bits per heavy atom. The van der Waals surface area contributed by atoms with Gasteiger partial charge in [-0.25, -0.2) is 0 Å². The van der Waals surface area contributed by atoms with Crippen LogP contribution in [0.1, 0.15) is 71.6 Å². The number of carboxylic acids is 1. The Morgan fingerprint density at radius 3 is 2.52 bits per heavy atom. The largest absolute Gasteiger partial charge is 0.481 e. The zero-order valence-electron chi connectivity index (χ0n) is 15.3. The van der Waals surface area contributed by atoms with Crippen LogP contribution in [0.15, 0.2) is 0 Å². The van der Waals surface area contributed by atoms with Crippen LogP contribution in [0.5, 0.6) is 0 Å².